The summed E-state index contributed by atoms with van der Waals surface area (Å²) in [5.41, 5.74) is 5.46. The molecule has 2 aromatic rings. The van der Waals surface area contributed by atoms with Crippen LogP contribution >= 0.6 is 23.5 Å². The number of hydrogen-bond donors (Lipinski definition) is 0. The molecule has 2 aromatic carbocycles. The monoisotopic (exact) mass is 516 g/mol. The SMILES string of the molecule is O=C(OCC12CC3CC(CC(C3)C1)C2)[C@@H]1C(C2SCCCS2)=C(c2ccccc2)[C@H]1c1ccccc1. The van der Waals surface area contributed by atoms with Gasteiger partial charge in [0.2, 0.25) is 0 Å². The quantitative estimate of drug-likeness (QED) is 0.366. The summed E-state index contributed by atoms with van der Waals surface area (Å²) < 4.78 is 6.75. The van der Waals surface area contributed by atoms with Crippen LogP contribution in [0, 0.1) is 29.1 Å². The van der Waals surface area contributed by atoms with E-state index in [1.807, 2.05) is 23.5 Å². The van der Waals surface area contributed by atoms with E-state index in [-0.39, 0.29) is 23.2 Å². The second-order valence-corrected chi connectivity index (χ2v) is 14.8. The fraction of sp³-hybridized carbons (Fsp3) is 0.531. The average molecular weight is 517 g/mol. The highest BCUT2D eigenvalue weighted by Gasteiger charge is 2.53. The van der Waals surface area contributed by atoms with Gasteiger partial charge in [-0.2, -0.15) is 0 Å². The molecule has 2 atom stereocenters. The van der Waals surface area contributed by atoms with E-state index in [1.54, 1.807) is 0 Å². The summed E-state index contributed by atoms with van der Waals surface area (Å²) in [7, 11) is 0. The number of esters is 1. The molecule has 4 bridgehead atoms. The Kier molecular flexibility index (Phi) is 6.25. The molecular formula is C32H36O2S2. The zero-order valence-corrected chi connectivity index (χ0v) is 22.6. The second kappa shape index (κ2) is 9.58. The Hall–Kier alpha value is -1.65. The highest BCUT2D eigenvalue weighted by atomic mass is 32.2. The van der Waals surface area contributed by atoms with E-state index in [9.17, 15) is 4.79 Å². The van der Waals surface area contributed by atoms with Crippen LogP contribution in [0.4, 0.5) is 0 Å². The molecule has 6 aliphatic rings. The van der Waals surface area contributed by atoms with Crippen LogP contribution in [0.1, 0.15) is 62.0 Å². The molecule has 0 spiro atoms. The standard InChI is InChI=1S/C32H36O2S2/c33-30(34-20-32-17-21-14-22(18-32)16-23(15-21)19-32)28-26(24-8-3-1-4-9-24)27(25-10-5-2-6-11-25)29(28)31-35-12-7-13-36-31/h1-6,8-11,21-23,26,28,31H,7,12-20H2/t21?,22?,23?,26-,28+,32?/m1/s1. The smallest absolute Gasteiger partial charge is 0.314 e. The van der Waals surface area contributed by atoms with Crippen molar-refractivity contribution in [1.82, 2.24) is 0 Å². The highest BCUT2D eigenvalue weighted by molar-refractivity contribution is 8.17. The van der Waals surface area contributed by atoms with Crippen LogP contribution in [0.3, 0.4) is 0 Å². The van der Waals surface area contributed by atoms with Crippen molar-refractivity contribution in [3.05, 3.63) is 77.4 Å². The molecule has 8 rings (SSSR count). The number of carbonyl (C=O) groups excluding carboxylic acids is 1. The third-order valence-electron chi connectivity index (χ3n) is 9.55. The molecule has 0 aromatic heterocycles. The van der Waals surface area contributed by atoms with Gasteiger partial charge in [-0.15, -0.1) is 23.5 Å². The van der Waals surface area contributed by atoms with Gasteiger partial charge in [0.15, 0.2) is 0 Å². The van der Waals surface area contributed by atoms with Crippen LogP contribution in [0.2, 0.25) is 0 Å². The molecule has 2 nitrogen and oxygen atoms in total. The van der Waals surface area contributed by atoms with Gasteiger partial charge in [-0.05, 0) is 96.5 Å². The fourth-order valence-electron chi connectivity index (χ4n) is 8.57. The van der Waals surface area contributed by atoms with Gasteiger partial charge in [0.05, 0.1) is 17.1 Å². The number of carbonyl (C=O) groups is 1. The van der Waals surface area contributed by atoms with Gasteiger partial charge in [-0.3, -0.25) is 4.79 Å². The maximum absolute atomic E-state index is 14.1. The molecule has 0 unspecified atom stereocenters. The molecule has 4 heteroatoms. The number of ether oxygens (including phenoxy) is 1. The van der Waals surface area contributed by atoms with Crippen LogP contribution in [-0.4, -0.2) is 28.7 Å². The molecular weight excluding hydrogens is 480 g/mol. The summed E-state index contributed by atoms with van der Waals surface area (Å²) in [5.74, 6) is 4.93. The minimum absolute atomic E-state index is 0.0288. The fourth-order valence-corrected chi connectivity index (χ4v) is 11.7. The van der Waals surface area contributed by atoms with Crippen molar-refractivity contribution in [3.8, 4) is 0 Å². The van der Waals surface area contributed by atoms with E-state index < -0.39 is 0 Å². The van der Waals surface area contributed by atoms with Gasteiger partial charge < -0.3 is 4.74 Å². The highest BCUT2D eigenvalue weighted by Crippen LogP contribution is 2.61. The minimum Gasteiger partial charge on any atom is -0.465 e. The first-order valence-electron chi connectivity index (χ1n) is 13.9. The Morgan fingerprint density at radius 2 is 1.42 bits per heavy atom. The predicted octanol–water partition coefficient (Wildman–Crippen LogP) is 7.81. The second-order valence-electron chi connectivity index (χ2n) is 12.1. The van der Waals surface area contributed by atoms with Crippen molar-refractivity contribution in [2.24, 2.45) is 29.1 Å². The van der Waals surface area contributed by atoms with Crippen molar-refractivity contribution in [1.29, 1.82) is 0 Å². The summed E-state index contributed by atoms with van der Waals surface area (Å²) in [4.78, 5) is 14.1. The van der Waals surface area contributed by atoms with Crippen LogP contribution in [-0.2, 0) is 9.53 Å². The van der Waals surface area contributed by atoms with E-state index in [2.05, 4.69) is 60.7 Å². The summed E-state index contributed by atoms with van der Waals surface area (Å²) in [6, 6.07) is 21.5. The van der Waals surface area contributed by atoms with Crippen LogP contribution in [0.15, 0.2) is 66.2 Å². The van der Waals surface area contributed by atoms with E-state index >= 15 is 0 Å². The molecule has 1 aliphatic heterocycles. The van der Waals surface area contributed by atoms with Gasteiger partial charge in [0, 0.05) is 11.3 Å². The van der Waals surface area contributed by atoms with E-state index in [4.69, 9.17) is 4.74 Å². The molecule has 0 amide bonds. The van der Waals surface area contributed by atoms with Gasteiger partial charge in [-0.25, -0.2) is 0 Å². The molecule has 36 heavy (non-hydrogen) atoms. The van der Waals surface area contributed by atoms with Gasteiger partial charge >= 0.3 is 5.97 Å². The summed E-state index contributed by atoms with van der Waals surface area (Å²) in [6.07, 6.45) is 9.38. The zero-order chi connectivity index (χ0) is 24.1. The third-order valence-corrected chi connectivity index (χ3v) is 12.5. The molecule has 0 radical (unpaired) electrons. The van der Waals surface area contributed by atoms with Crippen molar-refractivity contribution in [3.63, 3.8) is 0 Å². The van der Waals surface area contributed by atoms with E-state index in [1.165, 1.54) is 78.7 Å². The lowest BCUT2D eigenvalue weighted by Gasteiger charge is -2.56. The Balaban J connectivity index is 1.21. The summed E-state index contributed by atoms with van der Waals surface area (Å²) in [6.45, 7) is 0.645. The molecule has 188 valence electrons. The first-order valence-corrected chi connectivity index (χ1v) is 16.0. The number of benzene rings is 2. The van der Waals surface area contributed by atoms with Crippen LogP contribution < -0.4 is 0 Å². The molecule has 5 aliphatic carbocycles. The lowest BCUT2D eigenvalue weighted by atomic mass is 9.50. The van der Waals surface area contributed by atoms with Crippen LogP contribution in [0.5, 0.6) is 0 Å². The van der Waals surface area contributed by atoms with Gasteiger partial charge in [0.25, 0.3) is 0 Å². The first-order chi connectivity index (χ1) is 17.7. The Morgan fingerprint density at radius 1 is 0.833 bits per heavy atom. The Morgan fingerprint density at radius 3 is 2.03 bits per heavy atom. The number of allylic oxidation sites excluding steroid dienone is 1. The number of hydrogen-bond acceptors (Lipinski definition) is 4. The van der Waals surface area contributed by atoms with Gasteiger partial charge in [-0.1, -0.05) is 60.7 Å². The number of rotatable bonds is 6. The van der Waals surface area contributed by atoms with E-state index in [0.29, 0.717) is 11.2 Å². The third kappa shape index (κ3) is 4.17. The Bertz CT molecular complexity index is 1100. The van der Waals surface area contributed by atoms with Crippen LogP contribution in [0.25, 0.3) is 5.57 Å². The minimum atomic E-state index is -0.167. The molecule has 1 heterocycles. The largest absolute Gasteiger partial charge is 0.465 e. The van der Waals surface area contributed by atoms with Crippen molar-refractivity contribution >= 4 is 35.1 Å². The number of thioether (sulfide) groups is 2. The van der Waals surface area contributed by atoms with Crippen molar-refractivity contribution in [2.45, 2.75) is 55.4 Å². The molecule has 5 fully saturated rings. The normalized spacial score (nSPS) is 35.5. The first kappa shape index (κ1) is 23.5. The lowest BCUT2D eigenvalue weighted by Crippen LogP contribution is -2.49. The van der Waals surface area contributed by atoms with E-state index in [0.717, 1.165) is 17.8 Å². The van der Waals surface area contributed by atoms with Crippen molar-refractivity contribution < 1.29 is 9.53 Å². The Labute approximate surface area is 224 Å². The average Bonchev–Trinajstić information content (AvgIpc) is 2.88. The maximum atomic E-state index is 14.1. The molecule has 0 N–H and O–H groups in total. The molecule has 4 saturated carbocycles. The van der Waals surface area contributed by atoms with Crippen molar-refractivity contribution in [2.75, 3.05) is 18.1 Å². The molecule has 1 saturated heterocycles. The maximum Gasteiger partial charge on any atom is 0.314 e. The van der Waals surface area contributed by atoms with Gasteiger partial charge in [0.1, 0.15) is 0 Å². The summed E-state index contributed by atoms with van der Waals surface area (Å²) in [5, 5.41) is 0. The lowest BCUT2D eigenvalue weighted by molar-refractivity contribution is -0.159. The topological polar surface area (TPSA) is 26.3 Å². The zero-order valence-electron chi connectivity index (χ0n) is 20.9. The summed E-state index contributed by atoms with van der Waals surface area (Å²) >= 11 is 4.05. The predicted molar refractivity (Wildman–Crippen MR) is 151 cm³/mol.